The third-order valence-corrected chi connectivity index (χ3v) is 5.89. The highest BCUT2D eigenvalue weighted by Crippen LogP contribution is 2.49. The number of amides is 1. The van der Waals surface area contributed by atoms with Gasteiger partial charge >= 0.3 is 0 Å². The summed E-state index contributed by atoms with van der Waals surface area (Å²) in [6, 6.07) is 0. The Morgan fingerprint density at radius 1 is 1.05 bits per heavy atom. The molecular weight excluding hydrogens is 248 g/mol. The Kier molecular flexibility index (Phi) is 4.34. The van der Waals surface area contributed by atoms with Crippen molar-refractivity contribution in [2.24, 2.45) is 28.9 Å². The van der Waals surface area contributed by atoms with Crippen LogP contribution in [0.15, 0.2) is 0 Å². The first kappa shape index (κ1) is 14.4. The maximum atomic E-state index is 12.7. The standard InChI is InChI=1S/C17H30N2O/c18-12-17(9-3-1-2-4-10-17)16(20)19-11-15(13-5-6-13)14-7-8-14/h13-15H,1-12,18H2,(H,19,20). The fraction of sp³-hybridized carbons (Fsp3) is 0.941. The maximum absolute atomic E-state index is 12.7. The van der Waals surface area contributed by atoms with Crippen molar-refractivity contribution in [3.63, 3.8) is 0 Å². The van der Waals surface area contributed by atoms with Gasteiger partial charge in [0, 0.05) is 13.1 Å². The normalized spacial score (nSPS) is 26.3. The van der Waals surface area contributed by atoms with Crippen LogP contribution in [0.5, 0.6) is 0 Å². The van der Waals surface area contributed by atoms with Gasteiger partial charge in [0.1, 0.15) is 0 Å². The van der Waals surface area contributed by atoms with Crippen molar-refractivity contribution >= 4 is 5.91 Å². The quantitative estimate of drug-likeness (QED) is 0.734. The molecule has 3 saturated carbocycles. The third-order valence-electron chi connectivity index (χ3n) is 5.89. The Balaban J connectivity index is 1.55. The van der Waals surface area contributed by atoms with Gasteiger partial charge in [-0.15, -0.1) is 0 Å². The van der Waals surface area contributed by atoms with E-state index in [-0.39, 0.29) is 11.3 Å². The zero-order chi connectivity index (χ0) is 14.0. The summed E-state index contributed by atoms with van der Waals surface area (Å²) in [6.07, 6.45) is 12.4. The molecule has 3 aliphatic rings. The molecule has 0 aliphatic heterocycles. The van der Waals surface area contributed by atoms with Gasteiger partial charge in [0.2, 0.25) is 5.91 Å². The lowest BCUT2D eigenvalue weighted by Gasteiger charge is -2.31. The van der Waals surface area contributed by atoms with Crippen LogP contribution in [0.3, 0.4) is 0 Å². The highest BCUT2D eigenvalue weighted by molar-refractivity contribution is 5.82. The minimum absolute atomic E-state index is 0.256. The summed E-state index contributed by atoms with van der Waals surface area (Å²) in [6.45, 7) is 1.44. The summed E-state index contributed by atoms with van der Waals surface area (Å²) >= 11 is 0. The van der Waals surface area contributed by atoms with Crippen LogP contribution in [-0.4, -0.2) is 19.0 Å². The minimum Gasteiger partial charge on any atom is -0.355 e. The first-order chi connectivity index (χ1) is 9.75. The van der Waals surface area contributed by atoms with Gasteiger partial charge in [-0.1, -0.05) is 25.7 Å². The molecule has 3 fully saturated rings. The molecule has 3 rings (SSSR count). The molecule has 3 N–H and O–H groups in total. The number of nitrogens with two attached hydrogens (primary N) is 1. The second-order valence-electron chi connectivity index (χ2n) is 7.45. The van der Waals surface area contributed by atoms with E-state index in [1.807, 2.05) is 0 Å². The van der Waals surface area contributed by atoms with Crippen molar-refractivity contribution in [1.29, 1.82) is 0 Å². The predicted octanol–water partition coefficient (Wildman–Crippen LogP) is 2.84. The molecule has 0 unspecified atom stereocenters. The Labute approximate surface area is 123 Å². The topological polar surface area (TPSA) is 55.1 Å². The summed E-state index contributed by atoms with van der Waals surface area (Å²) in [5.41, 5.74) is 5.74. The number of carbonyl (C=O) groups excluding carboxylic acids is 1. The first-order valence-electron chi connectivity index (χ1n) is 8.73. The largest absolute Gasteiger partial charge is 0.355 e. The van der Waals surface area contributed by atoms with Crippen LogP contribution in [0.2, 0.25) is 0 Å². The Morgan fingerprint density at radius 2 is 1.60 bits per heavy atom. The lowest BCUT2D eigenvalue weighted by atomic mass is 9.79. The molecule has 3 aliphatic carbocycles. The summed E-state index contributed by atoms with van der Waals surface area (Å²) in [4.78, 5) is 12.7. The molecule has 0 saturated heterocycles. The van der Waals surface area contributed by atoms with Crippen molar-refractivity contribution in [2.75, 3.05) is 13.1 Å². The molecule has 0 atom stereocenters. The molecule has 20 heavy (non-hydrogen) atoms. The Morgan fingerprint density at radius 3 is 2.05 bits per heavy atom. The van der Waals surface area contributed by atoms with Crippen LogP contribution in [0.1, 0.15) is 64.2 Å². The average Bonchev–Trinajstić information content (AvgIpc) is 3.33. The molecule has 3 heteroatoms. The van der Waals surface area contributed by atoms with Crippen molar-refractivity contribution in [2.45, 2.75) is 64.2 Å². The fourth-order valence-electron chi connectivity index (χ4n) is 4.09. The van der Waals surface area contributed by atoms with Gasteiger partial charge in [0.25, 0.3) is 0 Å². The molecule has 114 valence electrons. The van der Waals surface area contributed by atoms with Crippen molar-refractivity contribution in [1.82, 2.24) is 5.32 Å². The number of carbonyl (C=O) groups is 1. The smallest absolute Gasteiger partial charge is 0.227 e. The van der Waals surface area contributed by atoms with Crippen LogP contribution in [0.25, 0.3) is 0 Å². The zero-order valence-corrected chi connectivity index (χ0v) is 12.7. The minimum atomic E-state index is -0.256. The second kappa shape index (κ2) is 6.05. The maximum Gasteiger partial charge on any atom is 0.227 e. The van der Waals surface area contributed by atoms with E-state index in [1.165, 1.54) is 51.4 Å². The van der Waals surface area contributed by atoms with Crippen molar-refractivity contribution < 1.29 is 4.79 Å². The van der Waals surface area contributed by atoms with Gasteiger partial charge in [-0.3, -0.25) is 4.79 Å². The van der Waals surface area contributed by atoms with E-state index >= 15 is 0 Å². The Bertz CT molecular complexity index is 327. The zero-order valence-electron chi connectivity index (χ0n) is 12.7. The number of hydrogen-bond donors (Lipinski definition) is 2. The van der Waals surface area contributed by atoms with Gasteiger partial charge in [-0.05, 0) is 56.3 Å². The summed E-state index contributed by atoms with van der Waals surface area (Å²) in [5.74, 6) is 2.84. The van der Waals surface area contributed by atoms with E-state index in [2.05, 4.69) is 5.32 Å². The van der Waals surface area contributed by atoms with Crippen molar-refractivity contribution in [3.8, 4) is 0 Å². The highest BCUT2D eigenvalue weighted by atomic mass is 16.2. The summed E-state index contributed by atoms with van der Waals surface area (Å²) in [7, 11) is 0. The van der Waals surface area contributed by atoms with Crippen LogP contribution in [0.4, 0.5) is 0 Å². The highest BCUT2D eigenvalue weighted by Gasteiger charge is 2.43. The molecule has 3 nitrogen and oxygen atoms in total. The van der Waals surface area contributed by atoms with Gasteiger partial charge in [-0.25, -0.2) is 0 Å². The monoisotopic (exact) mass is 278 g/mol. The van der Waals surface area contributed by atoms with Crippen LogP contribution in [0, 0.1) is 23.2 Å². The van der Waals surface area contributed by atoms with Gasteiger partial charge in [0.15, 0.2) is 0 Å². The summed E-state index contributed by atoms with van der Waals surface area (Å²) < 4.78 is 0. The fourth-order valence-corrected chi connectivity index (χ4v) is 4.09. The average molecular weight is 278 g/mol. The first-order valence-corrected chi connectivity index (χ1v) is 8.73. The molecule has 0 radical (unpaired) electrons. The number of nitrogens with one attached hydrogen (secondary N) is 1. The van der Waals surface area contributed by atoms with Gasteiger partial charge in [-0.2, -0.15) is 0 Å². The SMILES string of the molecule is NCC1(C(=O)NCC(C2CC2)C2CC2)CCCCCC1. The van der Waals surface area contributed by atoms with Gasteiger partial charge < -0.3 is 11.1 Å². The molecule has 0 bridgehead atoms. The van der Waals surface area contributed by atoms with Crippen molar-refractivity contribution in [3.05, 3.63) is 0 Å². The van der Waals surface area contributed by atoms with E-state index in [0.717, 1.165) is 37.1 Å². The number of hydrogen-bond acceptors (Lipinski definition) is 2. The summed E-state index contributed by atoms with van der Waals surface area (Å²) in [5, 5.41) is 3.30. The van der Waals surface area contributed by atoms with E-state index in [4.69, 9.17) is 5.73 Å². The third kappa shape index (κ3) is 3.19. The molecular formula is C17H30N2O. The molecule has 0 aromatic heterocycles. The van der Waals surface area contributed by atoms with E-state index < -0.39 is 0 Å². The molecule has 0 aromatic carbocycles. The van der Waals surface area contributed by atoms with Crippen LogP contribution < -0.4 is 11.1 Å². The molecule has 0 spiro atoms. The molecule has 0 aromatic rings. The van der Waals surface area contributed by atoms with E-state index in [0.29, 0.717) is 6.54 Å². The molecule has 1 amide bonds. The van der Waals surface area contributed by atoms with Crippen LogP contribution in [-0.2, 0) is 4.79 Å². The second-order valence-corrected chi connectivity index (χ2v) is 7.45. The molecule has 0 heterocycles. The number of rotatable bonds is 6. The van der Waals surface area contributed by atoms with E-state index in [1.54, 1.807) is 0 Å². The van der Waals surface area contributed by atoms with E-state index in [9.17, 15) is 4.79 Å². The Hall–Kier alpha value is -0.570. The van der Waals surface area contributed by atoms with Crippen LogP contribution >= 0.6 is 0 Å². The van der Waals surface area contributed by atoms with Gasteiger partial charge in [0.05, 0.1) is 5.41 Å². The lowest BCUT2D eigenvalue weighted by molar-refractivity contribution is -0.131. The predicted molar refractivity (Wildman–Crippen MR) is 81.1 cm³/mol. The lowest BCUT2D eigenvalue weighted by Crippen LogP contribution is -2.47.